The maximum atomic E-state index is 14.5. The van der Waals surface area contributed by atoms with Crippen LogP contribution in [0.25, 0.3) is 21.6 Å². The Kier molecular flexibility index (Phi) is 16.3. The molecule has 2 saturated heterocycles. The number of carbonyl (C=O) groups is 3. The predicted octanol–water partition coefficient (Wildman–Crippen LogP) is 8.54. The summed E-state index contributed by atoms with van der Waals surface area (Å²) in [6.07, 6.45) is 1.37. The molecule has 0 spiro atoms. The number of amides is 3. The van der Waals surface area contributed by atoms with Gasteiger partial charge in [-0.1, -0.05) is 82.1 Å². The number of thiazole rings is 1. The highest BCUT2D eigenvalue weighted by Crippen LogP contribution is 2.51. The minimum Gasteiger partial charge on any atom is -0.508 e. The van der Waals surface area contributed by atoms with Crippen LogP contribution in [0.4, 0.5) is 5.69 Å². The predicted molar refractivity (Wildman–Crippen MR) is 283 cm³/mol. The lowest BCUT2D eigenvalue weighted by atomic mass is 9.83. The van der Waals surface area contributed by atoms with E-state index in [4.69, 9.17) is 9.47 Å². The van der Waals surface area contributed by atoms with Gasteiger partial charge in [-0.2, -0.15) is 0 Å². The second-order valence-corrected chi connectivity index (χ2v) is 23.3. The largest absolute Gasteiger partial charge is 0.508 e. The zero-order valence-electron chi connectivity index (χ0n) is 42.3. The van der Waals surface area contributed by atoms with Gasteiger partial charge in [0.2, 0.25) is 27.7 Å². The Labute approximate surface area is 432 Å². The molecule has 7 atom stereocenters. The van der Waals surface area contributed by atoms with Gasteiger partial charge in [-0.05, 0) is 127 Å². The van der Waals surface area contributed by atoms with Crippen molar-refractivity contribution in [1.29, 1.82) is 0 Å². The number of hydrogen-bond donors (Lipinski definition) is 5. The number of β-amino-alcohol motifs (C(OH)–C–C–N with tert-alkyl or cyclic N) is 1. The molecule has 2 bridgehead atoms. The van der Waals surface area contributed by atoms with Gasteiger partial charge in [-0.15, -0.1) is 11.3 Å². The number of aliphatic hydroxyl groups is 1. The molecule has 17 heteroatoms. The number of sulfonamides is 1. The summed E-state index contributed by atoms with van der Waals surface area (Å²) in [5, 5.41) is 35.8. The van der Waals surface area contributed by atoms with E-state index >= 15 is 0 Å². The van der Waals surface area contributed by atoms with Gasteiger partial charge in [0.15, 0.2) is 0 Å². The highest BCUT2D eigenvalue weighted by molar-refractivity contribution is 7.93. The third-order valence-corrected chi connectivity index (χ3v) is 17.3. The molecule has 8 rings (SSSR count). The number of phenols is 2. The normalized spacial score (nSPS) is 20.5. The summed E-state index contributed by atoms with van der Waals surface area (Å²) in [7, 11) is -3.92. The molecule has 73 heavy (non-hydrogen) atoms. The van der Waals surface area contributed by atoms with Crippen molar-refractivity contribution < 1.29 is 47.6 Å². The average Bonchev–Trinajstić information content (AvgIpc) is 4.18. The molecular formula is C56H67N5O10S2. The lowest BCUT2D eigenvalue weighted by Gasteiger charge is -2.35. The molecule has 0 aliphatic carbocycles. The van der Waals surface area contributed by atoms with Crippen LogP contribution in [0.1, 0.15) is 108 Å². The summed E-state index contributed by atoms with van der Waals surface area (Å²) < 4.78 is 42.8. The first-order valence-electron chi connectivity index (χ1n) is 25.2. The molecule has 3 aliphatic rings. The number of aryl methyl sites for hydroxylation is 1. The minimum absolute atomic E-state index is 0.00723. The number of rotatable bonds is 20. The molecule has 3 aliphatic heterocycles. The first-order chi connectivity index (χ1) is 34.8. The van der Waals surface area contributed by atoms with E-state index in [0.29, 0.717) is 24.5 Å². The fourth-order valence-electron chi connectivity index (χ4n) is 10.2. The quantitative estimate of drug-likeness (QED) is 0.0467. The van der Waals surface area contributed by atoms with Crippen LogP contribution in [-0.4, -0.2) is 107 Å². The van der Waals surface area contributed by atoms with Crippen LogP contribution in [0.3, 0.4) is 0 Å². The molecule has 1 unspecified atom stereocenters. The number of aliphatic hydroxyl groups excluding tert-OH is 1. The lowest BCUT2D eigenvalue weighted by molar-refractivity contribution is -0.144. The fraction of sp³-hybridized carbons (Fsp3) is 0.429. The fourth-order valence-corrected chi connectivity index (χ4v) is 13.0. The standard InChI is InChI=1S/C56H67N5O10S2/c1-7-61(73(68,69)47-31-46-49(37-17-23-41(62)24-18-37)50(51(47)71-46)38-19-25-42(63)26-20-38)40-21-27-44(28-22-40)70-29-11-9-8-10-12-48(65)59-53(56(4,5)6)55(67)60-32-43(64)30-45(60)54(66)58-34(2)36-13-15-39(16-14-36)52-35(3)57-33-72-52/h13-28,33-34,43,45-47,51,53,62-64H,7-12,29-32H2,1-6H3,(H,58,66)(H,59,65)/t34-,43+,45-,46+,47?,51-,53+/m0/s1. The van der Waals surface area contributed by atoms with Crippen molar-refractivity contribution in [2.45, 2.75) is 128 Å². The molecule has 5 N–H and O–H groups in total. The van der Waals surface area contributed by atoms with Crippen molar-refractivity contribution in [3.63, 3.8) is 0 Å². The highest BCUT2D eigenvalue weighted by atomic mass is 32.2. The first-order valence-corrected chi connectivity index (χ1v) is 27.5. The second kappa shape index (κ2) is 22.5. The van der Waals surface area contributed by atoms with Crippen LogP contribution in [0.5, 0.6) is 17.2 Å². The number of ether oxygens (including phenoxy) is 2. The summed E-state index contributed by atoms with van der Waals surface area (Å²) in [6.45, 7) is 11.9. The Balaban J connectivity index is 0.791. The number of phenolic OH excluding ortho intramolecular Hbond substituents is 2. The van der Waals surface area contributed by atoms with Crippen LogP contribution < -0.4 is 19.7 Å². The Morgan fingerprint density at radius 2 is 1.47 bits per heavy atom. The van der Waals surface area contributed by atoms with Crippen LogP contribution in [0.2, 0.25) is 0 Å². The van der Waals surface area contributed by atoms with Crippen molar-refractivity contribution >= 4 is 55.9 Å². The topological polar surface area (TPSA) is 208 Å². The number of nitrogens with one attached hydrogen (secondary N) is 2. The first kappa shape index (κ1) is 53.0. The molecule has 0 radical (unpaired) electrons. The maximum absolute atomic E-state index is 14.5. The van der Waals surface area contributed by atoms with E-state index in [1.807, 2.05) is 64.4 Å². The number of unbranched alkanes of at least 4 members (excludes halogenated alkanes) is 3. The van der Waals surface area contributed by atoms with Crippen molar-refractivity contribution in [2.75, 3.05) is 24.0 Å². The van der Waals surface area contributed by atoms with Gasteiger partial charge >= 0.3 is 0 Å². The Hall–Kier alpha value is -6.27. The molecule has 15 nitrogen and oxygen atoms in total. The van der Waals surface area contributed by atoms with Gasteiger partial charge in [-0.3, -0.25) is 18.7 Å². The summed E-state index contributed by atoms with van der Waals surface area (Å²) in [5.41, 5.74) is 7.78. The molecule has 3 amide bonds. The van der Waals surface area contributed by atoms with Crippen LogP contribution in [-0.2, 0) is 29.1 Å². The van der Waals surface area contributed by atoms with Crippen molar-refractivity contribution in [2.24, 2.45) is 5.41 Å². The van der Waals surface area contributed by atoms with Gasteiger partial charge < -0.3 is 40.3 Å². The number of nitrogens with zero attached hydrogens (tertiary/aromatic N) is 3. The number of benzene rings is 4. The zero-order chi connectivity index (χ0) is 52.2. The van der Waals surface area contributed by atoms with Gasteiger partial charge in [-0.25, -0.2) is 13.4 Å². The number of hydrogen-bond acceptors (Lipinski definition) is 12. The lowest BCUT2D eigenvalue weighted by Crippen LogP contribution is -2.57. The van der Waals surface area contributed by atoms with E-state index in [9.17, 15) is 38.1 Å². The summed E-state index contributed by atoms with van der Waals surface area (Å²) in [6, 6.07) is 26.3. The molecule has 1 aromatic heterocycles. The maximum Gasteiger partial charge on any atom is 0.246 e. The SMILES string of the molecule is CCN(c1ccc(OCCCCCCC(=O)N[C@H](C(=O)N2C[C@H](O)C[C@H]2C(=O)N[C@@H](C)c2ccc(-c3scnc3C)cc2)C(C)(C)C)cc1)S(=O)(=O)C1C[C@H]2O[C@@H]1C(c1ccc(O)cc1)=C2c1ccc(O)cc1. The molecule has 0 saturated carbocycles. The van der Waals surface area contributed by atoms with Gasteiger partial charge in [0.1, 0.15) is 40.7 Å². The van der Waals surface area contributed by atoms with Crippen LogP contribution in [0.15, 0.2) is 103 Å². The van der Waals surface area contributed by atoms with Crippen LogP contribution >= 0.6 is 11.3 Å². The molecule has 4 heterocycles. The van der Waals surface area contributed by atoms with E-state index in [-0.39, 0.29) is 61.7 Å². The van der Waals surface area contributed by atoms with E-state index in [1.165, 1.54) is 9.21 Å². The summed E-state index contributed by atoms with van der Waals surface area (Å²) in [5.74, 6) is -0.208. The van der Waals surface area contributed by atoms with Crippen molar-refractivity contribution in [1.82, 2.24) is 20.5 Å². The molecular weight excluding hydrogens is 967 g/mol. The Bertz CT molecular complexity index is 2880. The highest BCUT2D eigenvalue weighted by Gasteiger charge is 2.54. The number of likely N-dealkylation sites (tertiary alicyclic amines) is 1. The van der Waals surface area contributed by atoms with E-state index < -0.39 is 57.0 Å². The second-order valence-electron chi connectivity index (χ2n) is 20.3. The molecule has 2 fully saturated rings. The molecule has 5 aromatic rings. The Morgan fingerprint density at radius 3 is 2.07 bits per heavy atom. The number of anilines is 1. The van der Waals surface area contributed by atoms with Gasteiger partial charge in [0, 0.05) is 25.9 Å². The summed E-state index contributed by atoms with van der Waals surface area (Å²) in [4.78, 5) is 48.0. The van der Waals surface area contributed by atoms with Gasteiger partial charge in [0.05, 0.1) is 46.6 Å². The monoisotopic (exact) mass is 1030 g/mol. The van der Waals surface area contributed by atoms with E-state index in [2.05, 4.69) is 15.6 Å². The summed E-state index contributed by atoms with van der Waals surface area (Å²) >= 11 is 1.57. The average molecular weight is 1030 g/mol. The van der Waals surface area contributed by atoms with Crippen LogP contribution in [0, 0.1) is 12.3 Å². The van der Waals surface area contributed by atoms with Gasteiger partial charge in [0.25, 0.3) is 0 Å². The number of aromatic hydroxyl groups is 2. The number of fused-ring (bicyclic) bond motifs is 2. The smallest absolute Gasteiger partial charge is 0.246 e. The zero-order valence-corrected chi connectivity index (χ0v) is 43.9. The third-order valence-electron chi connectivity index (χ3n) is 14.1. The van der Waals surface area contributed by atoms with Crippen molar-refractivity contribution in [3.05, 3.63) is 125 Å². The molecule has 388 valence electrons. The Morgan fingerprint density at radius 1 is 0.849 bits per heavy atom. The van der Waals surface area contributed by atoms with E-state index in [1.54, 1.807) is 91.1 Å². The minimum atomic E-state index is -3.92. The number of carbonyl (C=O) groups excluding carboxylic acids is 3. The van der Waals surface area contributed by atoms with E-state index in [0.717, 1.165) is 63.2 Å². The van der Waals surface area contributed by atoms with Crippen molar-refractivity contribution in [3.8, 4) is 27.7 Å². The third kappa shape index (κ3) is 11.9. The molecule has 4 aromatic carbocycles. The number of aromatic nitrogens is 1.